The van der Waals surface area contributed by atoms with Gasteiger partial charge >= 0.3 is 5.97 Å². The molecule has 0 aliphatic rings. The van der Waals surface area contributed by atoms with E-state index in [-0.39, 0.29) is 16.3 Å². The first-order valence-corrected chi connectivity index (χ1v) is 6.28. The molecule has 19 heavy (non-hydrogen) atoms. The van der Waals surface area contributed by atoms with Crippen LogP contribution in [-0.4, -0.2) is 26.6 Å². The van der Waals surface area contributed by atoms with Crippen molar-refractivity contribution in [3.05, 3.63) is 39.4 Å². The lowest BCUT2D eigenvalue weighted by Gasteiger charge is -2.08. The summed E-state index contributed by atoms with van der Waals surface area (Å²) in [4.78, 5) is 23.4. The molecule has 0 aliphatic heterocycles. The SMILES string of the molecule is Cc1nnsc1C(=O)Nc1cccc(Cl)c1C(=O)O. The van der Waals surface area contributed by atoms with Gasteiger partial charge in [0.25, 0.3) is 5.91 Å². The van der Waals surface area contributed by atoms with Crippen LogP contribution in [0.4, 0.5) is 5.69 Å². The Labute approximate surface area is 117 Å². The standard InChI is InChI=1S/C11H8ClN3O3S/c1-5-9(19-15-14-5)10(16)13-7-4-2-3-6(12)8(7)11(17)18/h2-4H,1H3,(H,13,16)(H,17,18). The second kappa shape index (κ2) is 5.33. The minimum Gasteiger partial charge on any atom is -0.478 e. The van der Waals surface area contributed by atoms with Crippen molar-refractivity contribution in [3.63, 3.8) is 0 Å². The molecule has 2 N–H and O–H groups in total. The number of hydrogen-bond acceptors (Lipinski definition) is 5. The molecule has 1 aromatic carbocycles. The van der Waals surface area contributed by atoms with Crippen molar-refractivity contribution in [2.45, 2.75) is 6.92 Å². The van der Waals surface area contributed by atoms with Crippen molar-refractivity contribution in [1.29, 1.82) is 0 Å². The fourth-order valence-electron chi connectivity index (χ4n) is 1.46. The number of anilines is 1. The van der Waals surface area contributed by atoms with E-state index < -0.39 is 11.9 Å². The molecule has 0 bridgehead atoms. The lowest BCUT2D eigenvalue weighted by Crippen LogP contribution is -2.14. The van der Waals surface area contributed by atoms with Crippen LogP contribution in [0.5, 0.6) is 0 Å². The van der Waals surface area contributed by atoms with Crippen molar-refractivity contribution in [3.8, 4) is 0 Å². The topological polar surface area (TPSA) is 92.2 Å². The molecule has 0 spiro atoms. The van der Waals surface area contributed by atoms with Gasteiger partial charge in [-0.15, -0.1) is 5.10 Å². The fourth-order valence-corrected chi connectivity index (χ4v) is 2.27. The summed E-state index contributed by atoms with van der Waals surface area (Å²) in [6, 6.07) is 4.47. The number of amides is 1. The number of nitrogens with one attached hydrogen (secondary N) is 1. The van der Waals surface area contributed by atoms with Crippen LogP contribution < -0.4 is 5.32 Å². The number of hydrogen-bond donors (Lipinski definition) is 2. The summed E-state index contributed by atoms with van der Waals surface area (Å²) >= 11 is 6.75. The van der Waals surface area contributed by atoms with E-state index in [1.165, 1.54) is 12.1 Å². The molecular weight excluding hydrogens is 290 g/mol. The summed E-state index contributed by atoms with van der Waals surface area (Å²) in [7, 11) is 0. The molecule has 0 saturated carbocycles. The predicted octanol–water partition coefficient (Wildman–Crippen LogP) is 2.45. The quantitative estimate of drug-likeness (QED) is 0.908. The Morgan fingerprint density at radius 3 is 2.74 bits per heavy atom. The Morgan fingerprint density at radius 2 is 2.16 bits per heavy atom. The van der Waals surface area contributed by atoms with Crippen LogP contribution in [0.1, 0.15) is 25.7 Å². The first kappa shape index (κ1) is 13.4. The van der Waals surface area contributed by atoms with E-state index in [2.05, 4.69) is 14.9 Å². The van der Waals surface area contributed by atoms with Crippen molar-refractivity contribution >= 4 is 40.7 Å². The monoisotopic (exact) mass is 297 g/mol. The summed E-state index contributed by atoms with van der Waals surface area (Å²) in [6.45, 7) is 1.65. The fraction of sp³-hybridized carbons (Fsp3) is 0.0909. The highest BCUT2D eigenvalue weighted by molar-refractivity contribution is 7.08. The molecule has 0 fully saturated rings. The Balaban J connectivity index is 2.35. The number of nitrogens with zero attached hydrogens (tertiary/aromatic N) is 2. The maximum atomic E-state index is 12.0. The highest BCUT2D eigenvalue weighted by Crippen LogP contribution is 2.25. The molecule has 0 saturated heterocycles. The number of benzene rings is 1. The Morgan fingerprint density at radius 1 is 1.42 bits per heavy atom. The smallest absolute Gasteiger partial charge is 0.339 e. The van der Waals surface area contributed by atoms with E-state index in [4.69, 9.17) is 16.7 Å². The normalized spacial score (nSPS) is 10.2. The molecule has 98 valence electrons. The number of aromatic carboxylic acids is 1. The van der Waals surface area contributed by atoms with Crippen LogP contribution >= 0.6 is 23.1 Å². The van der Waals surface area contributed by atoms with E-state index in [0.29, 0.717) is 10.6 Å². The van der Waals surface area contributed by atoms with Gasteiger partial charge in [0.1, 0.15) is 10.4 Å². The van der Waals surface area contributed by atoms with Gasteiger partial charge in [0, 0.05) is 0 Å². The Hall–Kier alpha value is -1.99. The van der Waals surface area contributed by atoms with Crippen molar-refractivity contribution in [1.82, 2.24) is 9.59 Å². The molecule has 1 aromatic heterocycles. The highest BCUT2D eigenvalue weighted by Gasteiger charge is 2.19. The van der Waals surface area contributed by atoms with Gasteiger partial charge < -0.3 is 10.4 Å². The van der Waals surface area contributed by atoms with Gasteiger partial charge in [-0.3, -0.25) is 4.79 Å². The predicted molar refractivity (Wildman–Crippen MR) is 71.0 cm³/mol. The van der Waals surface area contributed by atoms with E-state index in [9.17, 15) is 9.59 Å². The Bertz CT molecular complexity index is 656. The van der Waals surface area contributed by atoms with Gasteiger partial charge in [0.2, 0.25) is 0 Å². The number of halogens is 1. The van der Waals surface area contributed by atoms with Gasteiger partial charge in [-0.2, -0.15) is 0 Å². The van der Waals surface area contributed by atoms with Crippen LogP contribution in [0.3, 0.4) is 0 Å². The largest absolute Gasteiger partial charge is 0.478 e. The number of rotatable bonds is 3. The third kappa shape index (κ3) is 2.72. The van der Waals surface area contributed by atoms with Crippen molar-refractivity contribution in [2.24, 2.45) is 0 Å². The number of carboxylic acids is 1. The second-order valence-corrected chi connectivity index (χ2v) is 4.77. The van der Waals surface area contributed by atoms with Crippen molar-refractivity contribution in [2.75, 3.05) is 5.32 Å². The van der Waals surface area contributed by atoms with Crippen LogP contribution in [-0.2, 0) is 0 Å². The first-order chi connectivity index (χ1) is 9.00. The van der Waals surface area contributed by atoms with Crippen LogP contribution in [0.25, 0.3) is 0 Å². The van der Waals surface area contributed by atoms with Crippen LogP contribution in [0.15, 0.2) is 18.2 Å². The average molecular weight is 298 g/mol. The number of aryl methyl sites for hydroxylation is 1. The molecule has 2 rings (SSSR count). The van der Waals surface area contributed by atoms with Gasteiger partial charge in [-0.25, -0.2) is 4.79 Å². The third-order valence-corrected chi connectivity index (χ3v) is 3.48. The van der Waals surface area contributed by atoms with E-state index in [1.54, 1.807) is 13.0 Å². The lowest BCUT2D eigenvalue weighted by atomic mass is 10.1. The van der Waals surface area contributed by atoms with E-state index >= 15 is 0 Å². The van der Waals surface area contributed by atoms with Crippen LogP contribution in [0.2, 0.25) is 5.02 Å². The molecule has 6 nitrogen and oxygen atoms in total. The molecule has 2 aromatic rings. The summed E-state index contributed by atoms with van der Waals surface area (Å²) in [5, 5.41) is 15.4. The number of carbonyl (C=O) groups excluding carboxylic acids is 1. The van der Waals surface area contributed by atoms with Gasteiger partial charge in [-0.1, -0.05) is 22.2 Å². The zero-order valence-electron chi connectivity index (χ0n) is 9.68. The molecule has 1 heterocycles. The summed E-state index contributed by atoms with van der Waals surface area (Å²) in [5.41, 5.74) is 0.479. The number of aromatic nitrogens is 2. The van der Waals surface area contributed by atoms with Gasteiger partial charge in [-0.05, 0) is 30.6 Å². The average Bonchev–Trinajstić information content (AvgIpc) is 2.75. The number of carbonyl (C=O) groups is 2. The Kier molecular flexibility index (Phi) is 3.77. The van der Waals surface area contributed by atoms with E-state index in [0.717, 1.165) is 11.5 Å². The van der Waals surface area contributed by atoms with Crippen LogP contribution in [0, 0.1) is 6.92 Å². The molecular formula is C11H8ClN3O3S. The summed E-state index contributed by atoms with van der Waals surface area (Å²) < 4.78 is 3.65. The lowest BCUT2D eigenvalue weighted by molar-refractivity contribution is 0.0698. The molecule has 0 unspecified atom stereocenters. The molecule has 1 amide bonds. The zero-order valence-corrected chi connectivity index (χ0v) is 11.2. The van der Waals surface area contributed by atoms with Gasteiger partial charge in [0.15, 0.2) is 0 Å². The minimum absolute atomic E-state index is 0.0597. The van der Waals surface area contributed by atoms with E-state index in [1.807, 2.05) is 0 Å². The van der Waals surface area contributed by atoms with Gasteiger partial charge in [0.05, 0.1) is 16.4 Å². The maximum Gasteiger partial charge on any atom is 0.339 e. The number of carboxylic acid groups (broad SMARTS) is 1. The van der Waals surface area contributed by atoms with Crippen molar-refractivity contribution < 1.29 is 14.7 Å². The second-order valence-electron chi connectivity index (χ2n) is 3.61. The zero-order chi connectivity index (χ0) is 14.0. The first-order valence-electron chi connectivity index (χ1n) is 5.13. The summed E-state index contributed by atoms with van der Waals surface area (Å²) in [6.07, 6.45) is 0. The maximum absolute atomic E-state index is 12.0. The summed E-state index contributed by atoms with van der Waals surface area (Å²) in [5.74, 6) is -1.67. The molecule has 8 heteroatoms. The molecule has 0 atom stereocenters. The molecule has 0 aliphatic carbocycles. The third-order valence-electron chi connectivity index (χ3n) is 2.33. The highest BCUT2D eigenvalue weighted by atomic mass is 35.5. The molecule has 0 radical (unpaired) electrons. The minimum atomic E-state index is -1.21.